The third-order valence-electron chi connectivity index (χ3n) is 5.33. The van der Waals surface area contributed by atoms with Crippen LogP contribution in [0.25, 0.3) is 0 Å². The molecule has 5 heteroatoms. The lowest BCUT2D eigenvalue weighted by molar-refractivity contribution is 0.0288. The minimum Gasteiger partial charge on any atom is -0.504 e. The predicted octanol–water partition coefficient (Wildman–Crippen LogP) is 4.21. The first kappa shape index (κ1) is 16.1. The van der Waals surface area contributed by atoms with E-state index in [9.17, 15) is 5.11 Å². The first-order valence-corrected chi connectivity index (χ1v) is 8.50. The average Bonchev–Trinajstić information content (AvgIpc) is 3.20. The fourth-order valence-electron chi connectivity index (χ4n) is 3.70. The molecule has 4 rings (SSSR count). The third-order valence-corrected chi connectivity index (χ3v) is 5.33. The molecule has 0 radical (unpaired) electrons. The van der Waals surface area contributed by atoms with Gasteiger partial charge in [0, 0.05) is 0 Å². The smallest absolute Gasteiger partial charge is 0.231 e. The van der Waals surface area contributed by atoms with Crippen molar-refractivity contribution in [1.29, 1.82) is 0 Å². The molecule has 0 saturated carbocycles. The molecule has 25 heavy (non-hydrogen) atoms. The van der Waals surface area contributed by atoms with E-state index >= 15 is 0 Å². The van der Waals surface area contributed by atoms with Crippen molar-refractivity contribution >= 4 is 0 Å². The summed E-state index contributed by atoms with van der Waals surface area (Å²) in [5.41, 5.74) is 2.05. The molecule has 1 saturated heterocycles. The SMILES string of the molecule is COc1ccc([C@@H]2O[C@H](c3ccc4c(c3)OCO4)[C@@H](C)[C@@H]2C)cc1O. The molecule has 0 aliphatic carbocycles. The molecule has 2 aliphatic rings. The maximum absolute atomic E-state index is 10.1. The Morgan fingerprint density at radius 1 is 0.920 bits per heavy atom. The summed E-state index contributed by atoms with van der Waals surface area (Å²) in [6.07, 6.45) is -0.110. The van der Waals surface area contributed by atoms with Crippen LogP contribution in [0.5, 0.6) is 23.0 Å². The molecule has 2 aliphatic heterocycles. The first-order chi connectivity index (χ1) is 12.1. The molecule has 0 bridgehead atoms. The standard InChI is InChI=1S/C20H22O5/c1-11-12(2)20(14-5-7-17-18(9-14)24-10-23-17)25-19(11)13-4-6-16(22-3)15(21)8-13/h4-9,11-12,19-21H,10H2,1-3H3/t11-,12-,19+,20-/m0/s1. The zero-order valence-electron chi connectivity index (χ0n) is 14.6. The molecule has 4 atom stereocenters. The van der Waals surface area contributed by atoms with Gasteiger partial charge in [-0.1, -0.05) is 26.0 Å². The van der Waals surface area contributed by atoms with Gasteiger partial charge in [0.2, 0.25) is 6.79 Å². The summed E-state index contributed by atoms with van der Waals surface area (Å²) in [4.78, 5) is 0. The number of phenolic OH excluding ortho intramolecular Hbond substituents is 1. The monoisotopic (exact) mass is 342 g/mol. The Morgan fingerprint density at radius 3 is 2.24 bits per heavy atom. The maximum atomic E-state index is 10.1. The summed E-state index contributed by atoms with van der Waals surface area (Å²) in [7, 11) is 1.54. The zero-order chi connectivity index (χ0) is 17.6. The van der Waals surface area contributed by atoms with E-state index in [0.29, 0.717) is 17.6 Å². The van der Waals surface area contributed by atoms with Crippen LogP contribution in [0.1, 0.15) is 37.2 Å². The second kappa shape index (κ2) is 6.15. The van der Waals surface area contributed by atoms with Crippen LogP contribution < -0.4 is 14.2 Å². The summed E-state index contributed by atoms with van der Waals surface area (Å²) in [6.45, 7) is 4.65. The van der Waals surface area contributed by atoms with Gasteiger partial charge in [0.1, 0.15) is 0 Å². The van der Waals surface area contributed by atoms with Crippen LogP contribution in [-0.2, 0) is 4.74 Å². The highest BCUT2D eigenvalue weighted by atomic mass is 16.7. The number of fused-ring (bicyclic) bond motifs is 1. The van der Waals surface area contributed by atoms with Crippen LogP contribution in [0.3, 0.4) is 0 Å². The van der Waals surface area contributed by atoms with Gasteiger partial charge >= 0.3 is 0 Å². The molecule has 1 fully saturated rings. The van der Waals surface area contributed by atoms with E-state index in [1.807, 2.05) is 24.3 Å². The van der Waals surface area contributed by atoms with E-state index < -0.39 is 0 Å². The summed E-state index contributed by atoms with van der Waals surface area (Å²) in [5, 5.41) is 10.1. The Labute approximate surface area is 147 Å². The lowest BCUT2D eigenvalue weighted by Gasteiger charge is -2.17. The molecule has 2 aromatic rings. The fourth-order valence-corrected chi connectivity index (χ4v) is 3.70. The molecule has 0 spiro atoms. The van der Waals surface area contributed by atoms with Crippen molar-refractivity contribution in [3.05, 3.63) is 47.5 Å². The van der Waals surface area contributed by atoms with E-state index in [4.69, 9.17) is 18.9 Å². The minimum absolute atomic E-state index is 0.0289. The Morgan fingerprint density at radius 2 is 1.56 bits per heavy atom. The maximum Gasteiger partial charge on any atom is 0.231 e. The van der Waals surface area contributed by atoms with Crippen molar-refractivity contribution in [3.63, 3.8) is 0 Å². The molecule has 2 heterocycles. The Hall–Kier alpha value is -2.40. The summed E-state index contributed by atoms with van der Waals surface area (Å²) < 4.78 is 22.4. The number of hydrogen-bond acceptors (Lipinski definition) is 5. The Bertz CT molecular complexity index is 788. The van der Waals surface area contributed by atoms with Gasteiger partial charge in [-0.3, -0.25) is 0 Å². The summed E-state index contributed by atoms with van der Waals surface area (Å²) >= 11 is 0. The van der Waals surface area contributed by atoms with Crippen molar-refractivity contribution < 1.29 is 24.1 Å². The van der Waals surface area contributed by atoms with Gasteiger partial charge in [-0.05, 0) is 47.2 Å². The number of rotatable bonds is 3. The number of methoxy groups -OCH3 is 1. The van der Waals surface area contributed by atoms with Crippen molar-refractivity contribution in [2.24, 2.45) is 11.8 Å². The van der Waals surface area contributed by atoms with Crippen molar-refractivity contribution in [3.8, 4) is 23.0 Å². The Kier molecular flexibility index (Phi) is 3.96. The van der Waals surface area contributed by atoms with Gasteiger partial charge in [0.05, 0.1) is 19.3 Å². The Balaban J connectivity index is 1.61. The van der Waals surface area contributed by atoms with E-state index in [1.54, 1.807) is 19.2 Å². The van der Waals surface area contributed by atoms with E-state index in [2.05, 4.69) is 13.8 Å². The number of benzene rings is 2. The van der Waals surface area contributed by atoms with E-state index in [0.717, 1.165) is 22.6 Å². The number of hydrogen-bond donors (Lipinski definition) is 1. The van der Waals surface area contributed by atoms with Crippen molar-refractivity contribution in [2.45, 2.75) is 26.1 Å². The van der Waals surface area contributed by atoms with Crippen LogP contribution in [-0.4, -0.2) is 19.0 Å². The largest absolute Gasteiger partial charge is 0.504 e. The van der Waals surface area contributed by atoms with Crippen LogP contribution in [0.15, 0.2) is 36.4 Å². The highest BCUT2D eigenvalue weighted by Crippen LogP contribution is 2.50. The minimum atomic E-state index is -0.0813. The topological polar surface area (TPSA) is 57.2 Å². The number of aromatic hydroxyl groups is 1. The van der Waals surface area contributed by atoms with Gasteiger partial charge in [0.25, 0.3) is 0 Å². The lowest BCUT2D eigenvalue weighted by Crippen LogP contribution is -2.09. The molecule has 2 aromatic carbocycles. The molecule has 132 valence electrons. The quantitative estimate of drug-likeness (QED) is 0.905. The summed E-state index contributed by atoms with van der Waals surface area (Å²) in [6, 6.07) is 11.4. The highest BCUT2D eigenvalue weighted by Gasteiger charge is 2.41. The van der Waals surface area contributed by atoms with Gasteiger partial charge < -0.3 is 24.1 Å². The van der Waals surface area contributed by atoms with E-state index in [-0.39, 0.29) is 24.8 Å². The van der Waals surface area contributed by atoms with Gasteiger partial charge in [-0.25, -0.2) is 0 Å². The first-order valence-electron chi connectivity index (χ1n) is 8.50. The van der Waals surface area contributed by atoms with Crippen molar-refractivity contribution in [1.82, 2.24) is 0 Å². The number of ether oxygens (including phenoxy) is 4. The fraction of sp³-hybridized carbons (Fsp3) is 0.400. The van der Waals surface area contributed by atoms with Crippen LogP contribution >= 0.6 is 0 Å². The second-order valence-electron chi connectivity index (χ2n) is 6.74. The summed E-state index contributed by atoms with van der Waals surface area (Å²) in [5.74, 6) is 2.79. The van der Waals surface area contributed by atoms with Crippen molar-refractivity contribution in [2.75, 3.05) is 13.9 Å². The highest BCUT2D eigenvalue weighted by molar-refractivity contribution is 5.46. The normalized spacial score (nSPS) is 27.5. The average molecular weight is 342 g/mol. The molecule has 5 nitrogen and oxygen atoms in total. The number of phenols is 1. The molecule has 0 amide bonds. The molecule has 0 unspecified atom stereocenters. The van der Waals surface area contributed by atoms with E-state index in [1.165, 1.54) is 0 Å². The lowest BCUT2D eigenvalue weighted by atomic mass is 9.85. The molecule has 1 N–H and O–H groups in total. The molecular formula is C20H22O5. The second-order valence-corrected chi connectivity index (χ2v) is 6.74. The van der Waals surface area contributed by atoms with Gasteiger partial charge in [0.15, 0.2) is 23.0 Å². The predicted molar refractivity (Wildman–Crippen MR) is 92.1 cm³/mol. The van der Waals surface area contributed by atoms with Crippen LogP contribution in [0.2, 0.25) is 0 Å². The van der Waals surface area contributed by atoms with Gasteiger partial charge in [-0.2, -0.15) is 0 Å². The van der Waals surface area contributed by atoms with Gasteiger partial charge in [-0.15, -0.1) is 0 Å². The molecular weight excluding hydrogens is 320 g/mol. The third kappa shape index (κ3) is 2.68. The molecule has 0 aromatic heterocycles. The van der Waals surface area contributed by atoms with Crippen LogP contribution in [0.4, 0.5) is 0 Å². The zero-order valence-corrected chi connectivity index (χ0v) is 14.6. The van der Waals surface area contributed by atoms with Crippen LogP contribution in [0, 0.1) is 11.8 Å².